The Bertz CT molecular complexity index is 4460. The van der Waals surface area contributed by atoms with Crippen molar-refractivity contribution in [3.8, 4) is 67.5 Å². The fourth-order valence-corrected chi connectivity index (χ4v) is 14.1. The molecule has 12 aromatic rings. The van der Waals surface area contributed by atoms with Gasteiger partial charge in [0.2, 0.25) is 0 Å². The van der Waals surface area contributed by atoms with Crippen LogP contribution in [-0.4, -0.2) is 185 Å². The van der Waals surface area contributed by atoms with Gasteiger partial charge in [0, 0.05) is 97.1 Å². The van der Waals surface area contributed by atoms with E-state index in [2.05, 4.69) is 309 Å². The van der Waals surface area contributed by atoms with Crippen LogP contribution in [0.15, 0.2) is 293 Å². The predicted molar refractivity (Wildman–Crippen MR) is 494 cm³/mol. The molecule has 0 saturated carbocycles. The van der Waals surface area contributed by atoms with Gasteiger partial charge in [0.25, 0.3) is 0 Å². The van der Waals surface area contributed by atoms with Crippen molar-refractivity contribution in [1.82, 2.24) is 0 Å². The molecule has 0 aliphatic rings. The molecule has 130 heavy (non-hydrogen) atoms. The van der Waals surface area contributed by atoms with E-state index in [9.17, 15) is 0 Å². The summed E-state index contributed by atoms with van der Waals surface area (Å²) in [7, 11) is 0. The van der Waals surface area contributed by atoms with Gasteiger partial charge in [0.15, 0.2) is 125 Å². The predicted octanol–water partition coefficient (Wildman–Crippen LogP) is 12.3. The van der Waals surface area contributed by atoms with E-state index in [1.807, 2.05) is 48.5 Å². The number of aromatic nitrogens is 8. The topological polar surface area (TPSA) is 179 Å². The zero-order chi connectivity index (χ0) is 89.7. The Kier molecular flexibility index (Phi) is 43.2. The Morgan fingerprint density at radius 1 is 0.154 bits per heavy atom. The molecule has 8 heterocycles. The molecule has 8 aromatic heterocycles. The molecular weight excluding hydrogens is 1640 g/mol. The van der Waals surface area contributed by atoms with Crippen molar-refractivity contribution in [3.05, 3.63) is 316 Å². The lowest BCUT2D eigenvalue weighted by atomic mass is 9.85. The summed E-state index contributed by atoms with van der Waals surface area (Å²) >= 11 is 0. The summed E-state index contributed by atoms with van der Waals surface area (Å²) in [5.74, 6) is 2.84. The van der Waals surface area contributed by atoms with Gasteiger partial charge in [-0.15, -0.1) is 0 Å². The summed E-state index contributed by atoms with van der Waals surface area (Å²) in [4.78, 5) is 0. The van der Waals surface area contributed by atoms with Crippen molar-refractivity contribution in [3.63, 3.8) is 0 Å². The number of nitrogens with zero attached hydrogens (tertiary/aromatic N) is 8. The third-order valence-corrected chi connectivity index (χ3v) is 21.7. The van der Waals surface area contributed by atoms with E-state index in [1.165, 1.54) is 44.5 Å². The lowest BCUT2D eigenvalue weighted by Crippen LogP contribution is -2.35. The molecule has 0 aliphatic heterocycles. The van der Waals surface area contributed by atoms with Crippen molar-refractivity contribution in [1.29, 1.82) is 0 Å². The largest absolute Gasteiger partial charge is 0.491 e. The molecule has 0 amide bonds. The molecule has 0 N–H and O–H groups in total. The highest BCUT2D eigenvalue weighted by Gasteiger charge is 2.20. The van der Waals surface area contributed by atoms with Crippen LogP contribution < -0.4 is 55.5 Å². The smallest absolute Gasteiger partial charge is 0.171 e. The van der Waals surface area contributed by atoms with Gasteiger partial charge < -0.3 is 75.8 Å². The Balaban J connectivity index is 0.622. The van der Waals surface area contributed by atoms with Crippen LogP contribution in [0.4, 0.5) is 0 Å². The minimum absolute atomic E-state index is 0.358. The van der Waals surface area contributed by atoms with E-state index in [4.69, 9.17) is 75.8 Å². The quantitative estimate of drug-likeness (QED) is 0.0199. The van der Waals surface area contributed by atoms with Crippen LogP contribution in [-0.2, 0) is 109 Å². The normalized spacial score (nSPS) is 11.3. The second-order valence-electron chi connectivity index (χ2n) is 30.6. The average molecular weight is 1770 g/mol. The zero-order valence-corrected chi connectivity index (χ0v) is 76.3. The van der Waals surface area contributed by atoms with Crippen molar-refractivity contribution < 1.29 is 112 Å². The fourth-order valence-electron chi connectivity index (χ4n) is 14.1. The Labute approximate surface area is 767 Å². The molecule has 684 valence electrons. The van der Waals surface area contributed by atoms with E-state index in [-0.39, 0.29) is 0 Å². The van der Waals surface area contributed by atoms with E-state index < -0.39 is 0 Å². The molecule has 0 aliphatic carbocycles. The van der Waals surface area contributed by atoms with Gasteiger partial charge in [0.1, 0.15) is 102 Å². The van der Waals surface area contributed by atoms with E-state index >= 15 is 0 Å². The number of hydrogen-bond donors (Lipinski definition) is 0. The standard InChI is InChI=1S/C106H132N8O16/c1-5-107-41-25-89(26-42-107)93-33-49-111(50-34-93)57-61-115-65-69-119-73-77-123-81-85-127-101-17-9-97(10-18-101)105(98-11-19-102(20-12-98)128-86-82-124-78-74-120-70-66-116-62-58-112-51-35-94(36-52-112)90-27-43-108(6-2)44-28-90)106(99-13-21-103(22-14-99)129-87-83-125-79-75-121-71-67-117-63-59-113-53-37-95(38-54-113)91-29-45-109(7-3)46-30-91)100-15-23-104(24-16-100)130-88-84-126-80-76-122-72-68-118-64-60-114-55-39-96(40-56-114)92-31-47-110(8-4)48-32-92/h9-56H,5-8,57-88H2,1-4H3/q+8. The van der Waals surface area contributed by atoms with Gasteiger partial charge in [-0.2, -0.15) is 0 Å². The Morgan fingerprint density at radius 2 is 0.285 bits per heavy atom. The first-order valence-corrected chi connectivity index (χ1v) is 45.9. The van der Waals surface area contributed by atoms with Gasteiger partial charge in [0.05, 0.1) is 132 Å². The summed E-state index contributed by atoms with van der Waals surface area (Å²) in [6.07, 6.45) is 33.6. The number of rotatable bonds is 64. The number of ether oxygens (including phenoxy) is 16. The molecule has 0 saturated heterocycles. The highest BCUT2D eigenvalue weighted by molar-refractivity contribution is 6.04. The molecular formula is C106H132N8O16+8. The lowest BCUT2D eigenvalue weighted by molar-refractivity contribution is -0.698. The van der Waals surface area contributed by atoms with Crippen molar-refractivity contribution >= 4 is 11.1 Å². The van der Waals surface area contributed by atoms with Gasteiger partial charge in [-0.1, -0.05) is 48.5 Å². The van der Waals surface area contributed by atoms with Crippen LogP contribution in [0.5, 0.6) is 23.0 Å². The molecule has 0 atom stereocenters. The van der Waals surface area contributed by atoms with Crippen LogP contribution in [0.2, 0.25) is 0 Å². The molecule has 0 bridgehead atoms. The summed E-state index contributed by atoms with van der Waals surface area (Å²) in [5, 5.41) is 0. The maximum atomic E-state index is 6.29. The average Bonchev–Trinajstić information content (AvgIpc) is 0.775. The summed E-state index contributed by atoms with van der Waals surface area (Å²) in [6, 6.07) is 67.1. The Hall–Kier alpha value is -11.5. The second-order valence-corrected chi connectivity index (χ2v) is 30.6. The molecule has 12 rings (SSSR count). The summed E-state index contributed by atoms with van der Waals surface area (Å²) in [5.41, 5.74) is 15.3. The van der Waals surface area contributed by atoms with Gasteiger partial charge in [-0.3, -0.25) is 0 Å². The molecule has 4 aromatic carbocycles. The second kappa shape index (κ2) is 57.6. The highest BCUT2D eigenvalue weighted by atomic mass is 16.6. The van der Waals surface area contributed by atoms with Gasteiger partial charge in [-0.05, 0) is 154 Å². The molecule has 0 spiro atoms. The number of pyridine rings is 8. The van der Waals surface area contributed by atoms with Gasteiger partial charge in [-0.25, -0.2) is 36.5 Å². The lowest BCUT2D eigenvalue weighted by Gasteiger charge is -2.19. The zero-order valence-electron chi connectivity index (χ0n) is 76.3. The molecule has 0 unspecified atom stereocenters. The van der Waals surface area contributed by atoms with E-state index in [1.54, 1.807) is 0 Å². The molecule has 24 nitrogen and oxygen atoms in total. The number of aryl methyl sites for hydroxylation is 4. The maximum absolute atomic E-state index is 6.29. The number of hydrogen-bond acceptors (Lipinski definition) is 16. The monoisotopic (exact) mass is 1770 g/mol. The minimum Gasteiger partial charge on any atom is -0.491 e. The third-order valence-electron chi connectivity index (χ3n) is 21.7. The van der Waals surface area contributed by atoms with Crippen LogP contribution in [0, 0.1) is 0 Å². The first-order chi connectivity index (χ1) is 64.3. The summed E-state index contributed by atoms with van der Waals surface area (Å²) < 4.78 is 113. The molecule has 0 fully saturated rings. The van der Waals surface area contributed by atoms with E-state index in [0.717, 1.165) is 85.8 Å². The van der Waals surface area contributed by atoms with Crippen molar-refractivity contribution in [2.75, 3.05) is 185 Å². The molecule has 0 radical (unpaired) electrons. The van der Waals surface area contributed by atoms with E-state index in [0.29, 0.717) is 208 Å². The minimum atomic E-state index is 0.358. The number of benzene rings is 4. The van der Waals surface area contributed by atoms with Gasteiger partial charge >= 0.3 is 0 Å². The van der Waals surface area contributed by atoms with Crippen molar-refractivity contribution in [2.45, 2.75) is 80.1 Å². The first kappa shape index (κ1) is 97.6. The van der Waals surface area contributed by atoms with Crippen molar-refractivity contribution in [2.24, 2.45) is 0 Å². The third kappa shape index (κ3) is 34.4. The fraction of sp³-hybridized carbons (Fsp3) is 0.377. The van der Waals surface area contributed by atoms with Crippen LogP contribution in [0.1, 0.15) is 49.9 Å². The highest BCUT2D eigenvalue weighted by Crippen LogP contribution is 2.39. The SMILES string of the molecule is CC[n+]1ccc(-c2cc[n+](CCOCCOCCOCCOc3ccc(C(=C(c4ccc(OCCOCCOCCOCC[n+]5ccc(-c6cc[n+](CC)cc6)cc5)cc4)c4ccc(OCCOCCOCCOCC[n+]5ccc(-c6cc[n+](CC)cc6)cc5)cc4)c4ccc(OCCOCCOCCOCC[n+]5ccc(-c6cc[n+](CC)cc6)cc5)cc4)cc3)cc2)cc1. The Morgan fingerprint density at radius 3 is 0.431 bits per heavy atom. The van der Waals surface area contributed by atoms with Crippen LogP contribution in [0.25, 0.3) is 55.7 Å². The summed E-state index contributed by atoms with van der Waals surface area (Å²) in [6.45, 7) is 28.2. The van der Waals surface area contributed by atoms with Crippen LogP contribution in [0.3, 0.4) is 0 Å². The first-order valence-electron chi connectivity index (χ1n) is 45.9. The van der Waals surface area contributed by atoms with Crippen LogP contribution >= 0.6 is 0 Å². The maximum Gasteiger partial charge on any atom is 0.171 e. The molecule has 24 heteroatoms.